The Bertz CT molecular complexity index is 705. The van der Waals surface area contributed by atoms with Crippen LogP contribution < -0.4 is 4.74 Å². The fraction of sp³-hybridized carbons (Fsp3) is 0.125. The summed E-state index contributed by atoms with van der Waals surface area (Å²) in [5.74, 6) is 4.36. The Kier molecular flexibility index (Phi) is 5.15. The molecule has 0 aliphatic rings. The highest BCUT2D eigenvalue weighted by molar-refractivity contribution is 6.30. The summed E-state index contributed by atoms with van der Waals surface area (Å²) in [5, 5.41) is 8.99. The SMILES string of the molecule is OCC#Cc1cc(F)ccc1OCc1ccc(Cl)cc1F. The molecule has 0 fully saturated rings. The maximum atomic E-state index is 13.6. The van der Waals surface area contributed by atoms with Crippen molar-refractivity contribution in [3.63, 3.8) is 0 Å². The van der Waals surface area contributed by atoms with Gasteiger partial charge in [0.15, 0.2) is 0 Å². The van der Waals surface area contributed by atoms with Gasteiger partial charge in [-0.2, -0.15) is 0 Å². The summed E-state index contributed by atoms with van der Waals surface area (Å²) in [6, 6.07) is 8.08. The molecule has 0 aromatic heterocycles. The lowest BCUT2D eigenvalue weighted by Gasteiger charge is -2.09. The second kappa shape index (κ2) is 7.07. The fourth-order valence-corrected chi connectivity index (χ4v) is 1.81. The van der Waals surface area contributed by atoms with Crippen molar-refractivity contribution in [2.75, 3.05) is 6.61 Å². The van der Waals surface area contributed by atoms with Crippen LogP contribution in [0, 0.1) is 23.5 Å². The van der Waals surface area contributed by atoms with Gasteiger partial charge >= 0.3 is 0 Å². The number of aliphatic hydroxyl groups is 1. The first-order chi connectivity index (χ1) is 10.1. The van der Waals surface area contributed by atoms with Crippen LogP contribution in [0.5, 0.6) is 5.75 Å². The Morgan fingerprint density at radius 3 is 2.67 bits per heavy atom. The third kappa shape index (κ3) is 4.19. The van der Waals surface area contributed by atoms with Gasteiger partial charge in [-0.05, 0) is 30.3 Å². The summed E-state index contributed by atoms with van der Waals surface area (Å²) < 4.78 is 32.3. The van der Waals surface area contributed by atoms with Gasteiger partial charge in [-0.15, -0.1) is 0 Å². The monoisotopic (exact) mass is 308 g/mol. The minimum atomic E-state index is -0.479. The Hall–Kier alpha value is -2.09. The van der Waals surface area contributed by atoms with Crippen molar-refractivity contribution in [2.24, 2.45) is 0 Å². The molecule has 0 heterocycles. The van der Waals surface area contributed by atoms with E-state index in [1.807, 2.05) is 0 Å². The van der Waals surface area contributed by atoms with Gasteiger partial charge in [-0.1, -0.05) is 29.5 Å². The van der Waals surface area contributed by atoms with Crippen LogP contribution >= 0.6 is 11.6 Å². The van der Waals surface area contributed by atoms with Crippen molar-refractivity contribution in [3.05, 3.63) is 64.2 Å². The molecule has 2 aromatic carbocycles. The molecule has 21 heavy (non-hydrogen) atoms. The van der Waals surface area contributed by atoms with Crippen LogP contribution in [0.2, 0.25) is 5.02 Å². The number of hydrogen-bond donors (Lipinski definition) is 1. The first-order valence-electron chi connectivity index (χ1n) is 6.06. The number of hydrogen-bond acceptors (Lipinski definition) is 2. The molecule has 0 amide bonds. The van der Waals surface area contributed by atoms with Crippen molar-refractivity contribution in [1.29, 1.82) is 0 Å². The highest BCUT2D eigenvalue weighted by Crippen LogP contribution is 2.21. The average Bonchev–Trinajstić information content (AvgIpc) is 2.45. The smallest absolute Gasteiger partial charge is 0.135 e. The molecule has 2 nitrogen and oxygen atoms in total. The molecule has 0 atom stereocenters. The summed E-state index contributed by atoms with van der Waals surface area (Å²) in [5.41, 5.74) is 0.614. The third-order valence-corrected chi connectivity index (χ3v) is 2.88. The van der Waals surface area contributed by atoms with Crippen molar-refractivity contribution in [3.8, 4) is 17.6 Å². The Morgan fingerprint density at radius 1 is 1.14 bits per heavy atom. The predicted octanol–water partition coefficient (Wildman–Crippen LogP) is 3.54. The van der Waals surface area contributed by atoms with Crippen LogP contribution in [0.25, 0.3) is 0 Å². The summed E-state index contributed by atoms with van der Waals surface area (Å²) in [7, 11) is 0. The van der Waals surface area contributed by atoms with E-state index in [1.54, 1.807) is 6.07 Å². The van der Waals surface area contributed by atoms with Crippen molar-refractivity contribution < 1.29 is 18.6 Å². The van der Waals surface area contributed by atoms with E-state index in [1.165, 1.54) is 30.3 Å². The lowest BCUT2D eigenvalue weighted by Crippen LogP contribution is -2.00. The number of benzene rings is 2. The summed E-state index contributed by atoms with van der Waals surface area (Å²) in [4.78, 5) is 0. The van der Waals surface area contributed by atoms with Crippen LogP contribution in [0.3, 0.4) is 0 Å². The van der Waals surface area contributed by atoms with E-state index in [-0.39, 0.29) is 13.2 Å². The molecule has 0 spiro atoms. The third-order valence-electron chi connectivity index (χ3n) is 2.64. The first kappa shape index (κ1) is 15.3. The van der Waals surface area contributed by atoms with E-state index >= 15 is 0 Å². The van der Waals surface area contributed by atoms with Gasteiger partial charge in [0, 0.05) is 10.6 Å². The fourth-order valence-electron chi connectivity index (χ4n) is 1.65. The summed E-state index contributed by atoms with van der Waals surface area (Å²) >= 11 is 5.67. The van der Waals surface area contributed by atoms with Crippen LogP contribution in [0.15, 0.2) is 36.4 Å². The standard InChI is InChI=1S/C16H11ClF2O2/c17-13-4-3-12(15(19)9-13)10-21-16-6-5-14(18)8-11(16)2-1-7-20/h3-6,8-9,20H,7,10H2. The van der Waals surface area contributed by atoms with Gasteiger partial charge in [0.05, 0.1) is 5.56 Å². The maximum Gasteiger partial charge on any atom is 0.135 e. The van der Waals surface area contributed by atoms with Gasteiger partial charge in [0.25, 0.3) is 0 Å². The molecule has 0 saturated heterocycles. The zero-order chi connectivity index (χ0) is 15.2. The van der Waals surface area contributed by atoms with E-state index < -0.39 is 11.6 Å². The number of aliphatic hydroxyl groups excluding tert-OH is 1. The number of ether oxygens (including phenoxy) is 1. The van der Waals surface area contributed by atoms with E-state index in [2.05, 4.69) is 11.8 Å². The maximum absolute atomic E-state index is 13.6. The molecular formula is C16H11ClF2O2. The molecular weight excluding hydrogens is 298 g/mol. The highest BCUT2D eigenvalue weighted by atomic mass is 35.5. The van der Waals surface area contributed by atoms with E-state index in [0.29, 0.717) is 21.9 Å². The second-order valence-electron chi connectivity index (χ2n) is 4.12. The predicted molar refractivity (Wildman–Crippen MR) is 76.1 cm³/mol. The van der Waals surface area contributed by atoms with Crippen molar-refractivity contribution in [1.82, 2.24) is 0 Å². The van der Waals surface area contributed by atoms with E-state index in [9.17, 15) is 8.78 Å². The molecule has 0 saturated carbocycles. The van der Waals surface area contributed by atoms with Gasteiger partial charge in [-0.3, -0.25) is 0 Å². The van der Waals surface area contributed by atoms with Crippen molar-refractivity contribution >= 4 is 11.6 Å². The minimum absolute atomic E-state index is 0.0392. The molecule has 5 heteroatoms. The lowest BCUT2D eigenvalue weighted by atomic mass is 10.2. The summed E-state index contributed by atoms with van der Waals surface area (Å²) in [6.07, 6.45) is 0. The van der Waals surface area contributed by atoms with Gasteiger partial charge < -0.3 is 9.84 Å². The Morgan fingerprint density at radius 2 is 1.95 bits per heavy atom. The van der Waals surface area contributed by atoms with E-state index in [0.717, 1.165) is 0 Å². The van der Waals surface area contributed by atoms with Gasteiger partial charge in [0.2, 0.25) is 0 Å². The van der Waals surface area contributed by atoms with Crippen LogP contribution in [0.1, 0.15) is 11.1 Å². The van der Waals surface area contributed by atoms with Crippen molar-refractivity contribution in [2.45, 2.75) is 6.61 Å². The summed E-state index contributed by atoms with van der Waals surface area (Å²) in [6.45, 7) is -0.385. The molecule has 0 radical (unpaired) electrons. The van der Waals surface area contributed by atoms with E-state index in [4.69, 9.17) is 21.4 Å². The second-order valence-corrected chi connectivity index (χ2v) is 4.56. The van der Waals surface area contributed by atoms with Crippen LogP contribution in [-0.4, -0.2) is 11.7 Å². The zero-order valence-electron chi connectivity index (χ0n) is 10.9. The molecule has 2 aromatic rings. The largest absolute Gasteiger partial charge is 0.487 e. The van der Waals surface area contributed by atoms with Crippen LogP contribution in [0.4, 0.5) is 8.78 Å². The quantitative estimate of drug-likeness (QED) is 0.879. The first-order valence-corrected chi connectivity index (χ1v) is 6.44. The minimum Gasteiger partial charge on any atom is -0.487 e. The topological polar surface area (TPSA) is 29.5 Å². The molecule has 0 aliphatic carbocycles. The normalized spacial score (nSPS) is 9.90. The van der Waals surface area contributed by atoms with Gasteiger partial charge in [0.1, 0.15) is 30.6 Å². The molecule has 0 unspecified atom stereocenters. The molecule has 0 aliphatic heterocycles. The highest BCUT2D eigenvalue weighted by Gasteiger charge is 2.07. The zero-order valence-corrected chi connectivity index (χ0v) is 11.6. The number of rotatable bonds is 3. The van der Waals surface area contributed by atoms with Gasteiger partial charge in [-0.25, -0.2) is 8.78 Å². The van der Waals surface area contributed by atoms with Crippen LogP contribution in [-0.2, 0) is 6.61 Å². The Balaban J connectivity index is 2.19. The molecule has 1 N–H and O–H groups in total. The average molecular weight is 309 g/mol. The molecule has 0 bridgehead atoms. The lowest BCUT2D eigenvalue weighted by molar-refractivity contribution is 0.298. The molecule has 2 rings (SSSR count). The number of halogens is 3. The Labute approximate surface area is 125 Å². The molecule has 108 valence electrons.